The van der Waals surface area contributed by atoms with Crippen LogP contribution in [0.4, 0.5) is 0 Å². The van der Waals surface area contributed by atoms with Crippen LogP contribution in [0.15, 0.2) is 12.4 Å². The lowest BCUT2D eigenvalue weighted by atomic mass is 10.2. The van der Waals surface area contributed by atoms with Crippen LogP contribution in [-0.4, -0.2) is 28.3 Å². The molecule has 0 saturated heterocycles. The van der Waals surface area contributed by atoms with Crippen molar-refractivity contribution in [1.29, 1.82) is 0 Å². The second-order valence-corrected chi connectivity index (χ2v) is 5.34. The van der Waals surface area contributed by atoms with E-state index < -0.39 is 0 Å². The van der Waals surface area contributed by atoms with Gasteiger partial charge in [-0.05, 0) is 45.2 Å². The summed E-state index contributed by atoms with van der Waals surface area (Å²) in [6.07, 6.45) is 10.2. The molecule has 0 aromatic carbocycles. The Labute approximate surface area is 109 Å². The van der Waals surface area contributed by atoms with Crippen LogP contribution >= 0.6 is 11.8 Å². The zero-order valence-corrected chi connectivity index (χ0v) is 12.1. The van der Waals surface area contributed by atoms with E-state index in [2.05, 4.69) is 36.7 Å². The maximum Gasteiger partial charge on any atom is 0.0537 e. The van der Waals surface area contributed by atoms with Crippen LogP contribution in [-0.2, 0) is 6.54 Å². The van der Waals surface area contributed by atoms with Crippen molar-refractivity contribution in [3.8, 4) is 0 Å². The number of hydrogen-bond acceptors (Lipinski definition) is 3. The van der Waals surface area contributed by atoms with Crippen LogP contribution in [0.25, 0.3) is 0 Å². The SMILES string of the molecule is CCn1cc(C(C)NCCCCCSC)cn1. The summed E-state index contributed by atoms with van der Waals surface area (Å²) in [5.41, 5.74) is 1.29. The molecule has 1 N–H and O–H groups in total. The fraction of sp³-hybridized carbons (Fsp3) is 0.769. The third kappa shape index (κ3) is 5.59. The van der Waals surface area contributed by atoms with Crippen molar-refractivity contribution in [2.45, 2.75) is 45.7 Å². The first-order valence-corrected chi connectivity index (χ1v) is 7.92. The van der Waals surface area contributed by atoms with E-state index in [4.69, 9.17) is 0 Å². The van der Waals surface area contributed by atoms with E-state index in [9.17, 15) is 0 Å². The molecular weight excluding hydrogens is 230 g/mol. The summed E-state index contributed by atoms with van der Waals surface area (Å²) >= 11 is 1.94. The Bertz CT molecular complexity index is 299. The molecule has 0 aliphatic rings. The van der Waals surface area contributed by atoms with Gasteiger partial charge in [0.15, 0.2) is 0 Å². The van der Waals surface area contributed by atoms with Gasteiger partial charge in [0.25, 0.3) is 0 Å². The number of rotatable bonds is 9. The normalized spacial score (nSPS) is 12.9. The van der Waals surface area contributed by atoms with Gasteiger partial charge in [-0.25, -0.2) is 0 Å². The molecule has 3 nitrogen and oxygen atoms in total. The summed E-state index contributed by atoms with van der Waals surface area (Å²) in [6.45, 7) is 6.37. The summed E-state index contributed by atoms with van der Waals surface area (Å²) in [4.78, 5) is 0. The van der Waals surface area contributed by atoms with Crippen LogP contribution in [0, 0.1) is 0 Å². The molecule has 0 fully saturated rings. The first-order valence-electron chi connectivity index (χ1n) is 6.52. The van der Waals surface area contributed by atoms with Crippen molar-refractivity contribution in [1.82, 2.24) is 15.1 Å². The highest BCUT2D eigenvalue weighted by Gasteiger charge is 2.06. The molecule has 0 aliphatic carbocycles. The molecule has 0 spiro atoms. The Kier molecular flexibility index (Phi) is 7.37. The zero-order valence-electron chi connectivity index (χ0n) is 11.3. The van der Waals surface area contributed by atoms with E-state index in [1.165, 1.54) is 30.6 Å². The van der Waals surface area contributed by atoms with E-state index >= 15 is 0 Å². The van der Waals surface area contributed by atoms with Gasteiger partial charge in [-0.3, -0.25) is 4.68 Å². The van der Waals surface area contributed by atoms with E-state index in [1.807, 2.05) is 22.6 Å². The molecule has 98 valence electrons. The molecule has 17 heavy (non-hydrogen) atoms. The van der Waals surface area contributed by atoms with Crippen LogP contribution in [0.5, 0.6) is 0 Å². The highest BCUT2D eigenvalue weighted by molar-refractivity contribution is 7.98. The molecular formula is C13H25N3S. The number of aromatic nitrogens is 2. The first-order chi connectivity index (χ1) is 8.27. The molecule has 0 radical (unpaired) electrons. The molecule has 1 aromatic rings. The van der Waals surface area contributed by atoms with Gasteiger partial charge >= 0.3 is 0 Å². The van der Waals surface area contributed by atoms with Crippen molar-refractivity contribution < 1.29 is 0 Å². The Morgan fingerprint density at radius 2 is 2.24 bits per heavy atom. The fourth-order valence-corrected chi connectivity index (χ4v) is 2.25. The number of hydrogen-bond donors (Lipinski definition) is 1. The maximum absolute atomic E-state index is 4.30. The molecule has 1 heterocycles. The molecule has 1 atom stereocenters. The summed E-state index contributed by atoms with van der Waals surface area (Å²) in [6, 6.07) is 0.413. The lowest BCUT2D eigenvalue weighted by Crippen LogP contribution is -2.19. The van der Waals surface area contributed by atoms with Gasteiger partial charge in [-0.1, -0.05) is 6.42 Å². The minimum Gasteiger partial charge on any atom is -0.310 e. The van der Waals surface area contributed by atoms with Crippen molar-refractivity contribution in [3.05, 3.63) is 18.0 Å². The quantitative estimate of drug-likeness (QED) is 0.688. The first kappa shape index (κ1) is 14.6. The molecule has 1 aromatic heterocycles. The molecule has 0 aliphatic heterocycles. The number of aryl methyl sites for hydroxylation is 1. The third-order valence-electron chi connectivity index (χ3n) is 2.95. The van der Waals surface area contributed by atoms with Gasteiger partial charge in [0.2, 0.25) is 0 Å². The van der Waals surface area contributed by atoms with E-state index in [1.54, 1.807) is 0 Å². The number of unbranched alkanes of at least 4 members (excludes halogenated alkanes) is 2. The smallest absolute Gasteiger partial charge is 0.0537 e. The van der Waals surface area contributed by atoms with Crippen LogP contribution in [0.2, 0.25) is 0 Å². The molecule has 0 bridgehead atoms. The molecule has 1 unspecified atom stereocenters. The topological polar surface area (TPSA) is 29.9 Å². The number of nitrogens with one attached hydrogen (secondary N) is 1. The standard InChI is InChI=1S/C13H25N3S/c1-4-16-11-13(10-15-16)12(2)14-8-6-5-7-9-17-3/h10-12,14H,4-9H2,1-3H3. The van der Waals surface area contributed by atoms with Gasteiger partial charge < -0.3 is 5.32 Å². The fourth-order valence-electron chi connectivity index (χ4n) is 1.76. The predicted octanol–water partition coefficient (Wildman–Crippen LogP) is 3.09. The maximum atomic E-state index is 4.30. The van der Waals surface area contributed by atoms with E-state index in [-0.39, 0.29) is 0 Å². The minimum absolute atomic E-state index is 0.413. The van der Waals surface area contributed by atoms with Crippen LogP contribution < -0.4 is 5.32 Å². The monoisotopic (exact) mass is 255 g/mol. The summed E-state index contributed by atoms with van der Waals surface area (Å²) in [5, 5.41) is 7.85. The van der Waals surface area contributed by atoms with Crippen molar-refractivity contribution in [2.24, 2.45) is 0 Å². The second kappa shape index (κ2) is 8.59. The average Bonchev–Trinajstić information content (AvgIpc) is 2.82. The van der Waals surface area contributed by atoms with Gasteiger partial charge in [0.1, 0.15) is 0 Å². The highest BCUT2D eigenvalue weighted by Crippen LogP contribution is 2.11. The summed E-state index contributed by atoms with van der Waals surface area (Å²) in [5.74, 6) is 1.29. The van der Waals surface area contributed by atoms with Crippen molar-refractivity contribution in [2.75, 3.05) is 18.6 Å². The lowest BCUT2D eigenvalue weighted by Gasteiger charge is -2.11. The molecule has 0 saturated carbocycles. The second-order valence-electron chi connectivity index (χ2n) is 4.36. The third-order valence-corrected chi connectivity index (χ3v) is 3.65. The van der Waals surface area contributed by atoms with Crippen LogP contribution in [0.1, 0.15) is 44.7 Å². The average molecular weight is 255 g/mol. The minimum atomic E-state index is 0.413. The largest absolute Gasteiger partial charge is 0.310 e. The van der Waals surface area contributed by atoms with E-state index in [0.717, 1.165) is 13.1 Å². The van der Waals surface area contributed by atoms with Crippen LogP contribution in [0.3, 0.4) is 0 Å². The zero-order chi connectivity index (χ0) is 12.5. The van der Waals surface area contributed by atoms with Crippen molar-refractivity contribution >= 4 is 11.8 Å². The van der Waals surface area contributed by atoms with Crippen molar-refractivity contribution in [3.63, 3.8) is 0 Å². The Morgan fingerprint density at radius 1 is 1.41 bits per heavy atom. The highest BCUT2D eigenvalue weighted by atomic mass is 32.2. The van der Waals surface area contributed by atoms with Gasteiger partial charge in [0, 0.05) is 24.3 Å². The van der Waals surface area contributed by atoms with Gasteiger partial charge in [-0.2, -0.15) is 16.9 Å². The van der Waals surface area contributed by atoms with Gasteiger partial charge in [-0.15, -0.1) is 0 Å². The Morgan fingerprint density at radius 3 is 2.88 bits per heavy atom. The van der Waals surface area contributed by atoms with Gasteiger partial charge in [0.05, 0.1) is 6.20 Å². The Balaban J connectivity index is 2.14. The molecule has 0 amide bonds. The number of nitrogens with zero attached hydrogens (tertiary/aromatic N) is 2. The number of thioether (sulfide) groups is 1. The Hall–Kier alpha value is -0.480. The van der Waals surface area contributed by atoms with E-state index in [0.29, 0.717) is 6.04 Å². The summed E-state index contributed by atoms with van der Waals surface area (Å²) in [7, 11) is 0. The predicted molar refractivity (Wildman–Crippen MR) is 76.6 cm³/mol. The molecule has 4 heteroatoms. The lowest BCUT2D eigenvalue weighted by molar-refractivity contribution is 0.544. The summed E-state index contributed by atoms with van der Waals surface area (Å²) < 4.78 is 1.98. The molecule has 1 rings (SSSR count).